The molecule has 0 saturated heterocycles. The first kappa shape index (κ1) is 13.6. The third kappa shape index (κ3) is 2.50. The summed E-state index contributed by atoms with van der Waals surface area (Å²) >= 11 is 5.85. The van der Waals surface area contributed by atoms with E-state index in [1.165, 1.54) is 4.57 Å². The van der Waals surface area contributed by atoms with Crippen LogP contribution in [0.3, 0.4) is 0 Å². The molecule has 7 heteroatoms. The van der Waals surface area contributed by atoms with Gasteiger partial charge in [0.05, 0.1) is 0 Å². The molecule has 0 atom stereocenters. The summed E-state index contributed by atoms with van der Waals surface area (Å²) in [5.41, 5.74) is 0.824. The Balaban J connectivity index is 2.09. The van der Waals surface area contributed by atoms with Crippen molar-refractivity contribution in [3.8, 4) is 0 Å². The minimum absolute atomic E-state index is 0.320. The summed E-state index contributed by atoms with van der Waals surface area (Å²) in [7, 11) is 0. The van der Waals surface area contributed by atoms with Crippen LogP contribution in [0.1, 0.15) is 18.3 Å². The molecule has 0 radical (unpaired) electrons. The molecule has 6 nitrogen and oxygen atoms in total. The first-order valence-corrected chi connectivity index (χ1v) is 6.92. The van der Waals surface area contributed by atoms with Crippen LogP contribution in [0.5, 0.6) is 0 Å². The Hall–Kier alpha value is -2.34. The van der Waals surface area contributed by atoms with E-state index in [4.69, 9.17) is 11.6 Å². The maximum Gasteiger partial charge on any atom is 0.330 e. The van der Waals surface area contributed by atoms with Crippen LogP contribution in [0.2, 0.25) is 5.02 Å². The van der Waals surface area contributed by atoms with Crippen LogP contribution in [0, 0.1) is 0 Å². The molecule has 2 N–H and O–H groups in total. The number of rotatable bonds is 3. The number of halogens is 1. The zero-order valence-electron chi connectivity index (χ0n) is 11.3. The van der Waals surface area contributed by atoms with Crippen molar-refractivity contribution in [2.45, 2.75) is 19.9 Å². The number of nitrogens with one attached hydrogen (secondary N) is 2. The Morgan fingerprint density at radius 1 is 1.19 bits per heavy atom. The molecule has 0 aliphatic rings. The molecule has 0 unspecified atom stereocenters. The highest BCUT2D eigenvalue weighted by molar-refractivity contribution is 6.30. The van der Waals surface area contributed by atoms with Gasteiger partial charge in [-0.05, 0) is 24.6 Å². The average Bonchev–Trinajstić information content (AvgIpc) is 2.86. The molecule has 3 aromatic rings. The summed E-state index contributed by atoms with van der Waals surface area (Å²) in [5.74, 6) is 0.630. The van der Waals surface area contributed by atoms with Gasteiger partial charge in [0.2, 0.25) is 0 Å². The molecule has 21 heavy (non-hydrogen) atoms. The van der Waals surface area contributed by atoms with E-state index in [1.54, 1.807) is 12.1 Å². The van der Waals surface area contributed by atoms with Gasteiger partial charge in [-0.2, -0.15) is 0 Å². The van der Waals surface area contributed by atoms with E-state index in [9.17, 15) is 9.59 Å². The first-order valence-electron chi connectivity index (χ1n) is 6.54. The summed E-state index contributed by atoms with van der Waals surface area (Å²) in [6.07, 6.45) is 0.531. The minimum atomic E-state index is -0.449. The van der Waals surface area contributed by atoms with Gasteiger partial charge in [-0.1, -0.05) is 23.7 Å². The van der Waals surface area contributed by atoms with E-state index in [1.807, 2.05) is 19.1 Å². The van der Waals surface area contributed by atoms with E-state index in [0.29, 0.717) is 35.0 Å². The summed E-state index contributed by atoms with van der Waals surface area (Å²) in [5, 5.41) is 0.666. The lowest BCUT2D eigenvalue weighted by atomic mass is 10.1. The van der Waals surface area contributed by atoms with Crippen molar-refractivity contribution in [3.63, 3.8) is 0 Å². The number of hydrogen-bond acceptors (Lipinski definition) is 3. The van der Waals surface area contributed by atoms with E-state index in [-0.39, 0.29) is 0 Å². The Bertz CT molecular complexity index is 905. The number of hydrogen-bond donors (Lipinski definition) is 2. The molecule has 0 spiro atoms. The van der Waals surface area contributed by atoms with Crippen LogP contribution >= 0.6 is 11.6 Å². The highest BCUT2D eigenvalue weighted by Crippen LogP contribution is 2.13. The van der Waals surface area contributed by atoms with Gasteiger partial charge in [0, 0.05) is 18.0 Å². The molecular weight excluding hydrogens is 292 g/mol. The zero-order valence-corrected chi connectivity index (χ0v) is 12.1. The quantitative estimate of drug-likeness (QED) is 0.772. The number of imidazole rings is 1. The van der Waals surface area contributed by atoms with Crippen molar-refractivity contribution in [1.82, 2.24) is 19.5 Å². The average molecular weight is 305 g/mol. The molecular formula is C14H13ClN4O2. The van der Waals surface area contributed by atoms with Crippen molar-refractivity contribution in [3.05, 3.63) is 61.5 Å². The third-order valence-electron chi connectivity index (χ3n) is 3.28. The van der Waals surface area contributed by atoms with Crippen LogP contribution in [0.15, 0.2) is 33.9 Å². The standard InChI is InChI=1S/C14H13ClN4O2/c1-2-19-12-11(13(20)18-14(19)21)16-10(17-12)7-8-3-5-9(15)6-4-8/h3-6H,2,7H2,1H3,(H,16,17)(H,18,20,21). The van der Waals surface area contributed by atoms with Crippen LogP contribution in [-0.4, -0.2) is 19.5 Å². The maximum atomic E-state index is 11.8. The lowest BCUT2D eigenvalue weighted by molar-refractivity contribution is 0.719. The first-order chi connectivity index (χ1) is 10.1. The number of aromatic nitrogens is 4. The number of benzene rings is 1. The van der Waals surface area contributed by atoms with Gasteiger partial charge in [0.1, 0.15) is 11.3 Å². The molecule has 108 valence electrons. The second-order valence-electron chi connectivity index (χ2n) is 4.69. The van der Waals surface area contributed by atoms with Crippen molar-refractivity contribution in [1.29, 1.82) is 0 Å². The monoisotopic (exact) mass is 304 g/mol. The van der Waals surface area contributed by atoms with E-state index >= 15 is 0 Å². The molecule has 0 aliphatic carbocycles. The highest BCUT2D eigenvalue weighted by Gasteiger charge is 2.12. The lowest BCUT2D eigenvalue weighted by Crippen LogP contribution is -2.29. The molecule has 0 saturated carbocycles. The molecule has 3 rings (SSSR count). The predicted octanol–water partition coefficient (Wildman–Crippen LogP) is 1.68. The second-order valence-corrected chi connectivity index (χ2v) is 5.13. The fraction of sp³-hybridized carbons (Fsp3) is 0.214. The topological polar surface area (TPSA) is 83.5 Å². The molecule has 2 heterocycles. The highest BCUT2D eigenvalue weighted by atomic mass is 35.5. The zero-order chi connectivity index (χ0) is 15.0. The minimum Gasteiger partial charge on any atom is -0.336 e. The fourth-order valence-corrected chi connectivity index (χ4v) is 2.39. The van der Waals surface area contributed by atoms with Gasteiger partial charge in [0.25, 0.3) is 5.56 Å². The van der Waals surface area contributed by atoms with E-state index in [2.05, 4.69) is 15.0 Å². The van der Waals surface area contributed by atoms with Crippen molar-refractivity contribution >= 4 is 22.8 Å². The normalized spacial score (nSPS) is 11.1. The molecule has 1 aromatic carbocycles. The lowest BCUT2D eigenvalue weighted by Gasteiger charge is -2.00. The van der Waals surface area contributed by atoms with Crippen LogP contribution in [0.4, 0.5) is 0 Å². The maximum absolute atomic E-state index is 11.8. The summed E-state index contributed by atoms with van der Waals surface area (Å²) in [4.78, 5) is 33.2. The van der Waals surface area contributed by atoms with Gasteiger partial charge >= 0.3 is 5.69 Å². The van der Waals surface area contributed by atoms with Gasteiger partial charge < -0.3 is 4.98 Å². The van der Waals surface area contributed by atoms with Gasteiger partial charge in [-0.25, -0.2) is 9.78 Å². The molecule has 2 aromatic heterocycles. The summed E-state index contributed by atoms with van der Waals surface area (Å²) < 4.78 is 1.43. The van der Waals surface area contributed by atoms with Gasteiger partial charge in [0.15, 0.2) is 5.65 Å². The molecule has 0 fully saturated rings. The number of aromatic amines is 2. The molecule has 0 aliphatic heterocycles. The Morgan fingerprint density at radius 3 is 2.57 bits per heavy atom. The summed E-state index contributed by atoms with van der Waals surface area (Å²) in [6, 6.07) is 7.39. The number of H-pyrrole nitrogens is 2. The third-order valence-corrected chi connectivity index (χ3v) is 3.54. The van der Waals surface area contributed by atoms with Gasteiger partial charge in [-0.15, -0.1) is 0 Å². The van der Waals surface area contributed by atoms with Crippen LogP contribution < -0.4 is 11.2 Å². The number of nitrogens with zero attached hydrogens (tertiary/aromatic N) is 2. The number of aryl methyl sites for hydroxylation is 1. The largest absolute Gasteiger partial charge is 0.336 e. The molecule has 0 amide bonds. The second kappa shape index (κ2) is 5.21. The van der Waals surface area contributed by atoms with Crippen molar-refractivity contribution in [2.24, 2.45) is 0 Å². The van der Waals surface area contributed by atoms with Gasteiger partial charge in [-0.3, -0.25) is 14.3 Å². The van der Waals surface area contributed by atoms with Crippen LogP contribution in [-0.2, 0) is 13.0 Å². The Morgan fingerprint density at radius 2 is 1.90 bits per heavy atom. The predicted molar refractivity (Wildman–Crippen MR) is 80.9 cm³/mol. The van der Waals surface area contributed by atoms with Crippen molar-refractivity contribution < 1.29 is 0 Å². The SMILES string of the molecule is CCn1c(=O)[nH]c(=O)c2[nH]c(Cc3ccc(Cl)cc3)nc21. The molecule has 0 bridgehead atoms. The summed E-state index contributed by atoms with van der Waals surface area (Å²) in [6.45, 7) is 2.27. The van der Waals surface area contributed by atoms with E-state index in [0.717, 1.165) is 5.56 Å². The Labute approximate surface area is 124 Å². The van der Waals surface area contributed by atoms with Crippen molar-refractivity contribution in [2.75, 3.05) is 0 Å². The Kier molecular flexibility index (Phi) is 3.39. The smallest absolute Gasteiger partial charge is 0.330 e. The fourth-order valence-electron chi connectivity index (χ4n) is 2.26. The van der Waals surface area contributed by atoms with E-state index < -0.39 is 11.2 Å². The number of fused-ring (bicyclic) bond motifs is 1. The van der Waals surface area contributed by atoms with Crippen LogP contribution in [0.25, 0.3) is 11.2 Å².